The van der Waals surface area contributed by atoms with Crippen molar-refractivity contribution in [1.82, 2.24) is 9.27 Å². The van der Waals surface area contributed by atoms with E-state index >= 15 is 0 Å². The van der Waals surface area contributed by atoms with Gasteiger partial charge in [-0.25, -0.2) is 4.37 Å². The molecule has 0 bridgehead atoms. The fourth-order valence-corrected chi connectivity index (χ4v) is 3.35. The van der Waals surface area contributed by atoms with Crippen molar-refractivity contribution in [1.29, 1.82) is 0 Å². The summed E-state index contributed by atoms with van der Waals surface area (Å²) >= 11 is 1.43. The van der Waals surface area contributed by atoms with Crippen LogP contribution in [0.2, 0.25) is 0 Å². The standard InChI is InChI=1S/C11H14N2O3S/c14-10(15)11-6-13(2-8-1-12-17-5-8)3-9(11)4-16-7-11/h1,5,9H,2-4,6-7H2,(H,14,15)/t9-,11-/m1/s1. The molecular weight excluding hydrogens is 240 g/mol. The van der Waals surface area contributed by atoms with Gasteiger partial charge in [-0.3, -0.25) is 9.69 Å². The first-order valence-electron chi connectivity index (χ1n) is 5.62. The molecule has 1 N–H and O–H groups in total. The van der Waals surface area contributed by atoms with E-state index in [1.54, 1.807) is 0 Å². The predicted molar refractivity (Wildman–Crippen MR) is 61.8 cm³/mol. The summed E-state index contributed by atoms with van der Waals surface area (Å²) in [5.74, 6) is -0.586. The molecule has 0 radical (unpaired) electrons. The molecule has 17 heavy (non-hydrogen) atoms. The Kier molecular flexibility index (Phi) is 2.65. The summed E-state index contributed by atoms with van der Waals surface area (Å²) in [6.07, 6.45) is 1.85. The minimum atomic E-state index is -0.717. The fourth-order valence-electron chi connectivity index (χ4n) is 2.83. The van der Waals surface area contributed by atoms with Gasteiger partial charge in [0.05, 0.1) is 13.2 Å². The average Bonchev–Trinajstić information content (AvgIpc) is 2.92. The number of likely N-dealkylation sites (tertiary alicyclic amines) is 1. The summed E-state index contributed by atoms with van der Waals surface area (Å²) in [5.41, 5.74) is 0.486. The molecule has 6 heteroatoms. The van der Waals surface area contributed by atoms with Gasteiger partial charge in [-0.2, -0.15) is 0 Å². The van der Waals surface area contributed by atoms with E-state index in [0.717, 1.165) is 18.7 Å². The second kappa shape index (κ2) is 4.04. The number of carboxylic acid groups (broad SMARTS) is 1. The highest BCUT2D eigenvalue weighted by molar-refractivity contribution is 7.03. The Balaban J connectivity index is 1.74. The molecule has 1 aromatic rings. The van der Waals surface area contributed by atoms with Crippen LogP contribution in [0.4, 0.5) is 0 Å². The maximum atomic E-state index is 11.4. The van der Waals surface area contributed by atoms with Crippen molar-refractivity contribution < 1.29 is 14.6 Å². The van der Waals surface area contributed by atoms with Gasteiger partial charge in [-0.15, -0.1) is 0 Å². The molecule has 3 rings (SSSR count). The first-order valence-corrected chi connectivity index (χ1v) is 6.46. The van der Waals surface area contributed by atoms with Crippen molar-refractivity contribution in [2.75, 3.05) is 26.3 Å². The zero-order valence-corrected chi connectivity index (χ0v) is 10.2. The molecule has 0 amide bonds. The van der Waals surface area contributed by atoms with Gasteiger partial charge < -0.3 is 9.84 Å². The molecule has 0 spiro atoms. The molecule has 0 aromatic carbocycles. The number of carbonyl (C=O) groups is 1. The molecule has 0 unspecified atom stereocenters. The highest BCUT2D eigenvalue weighted by Gasteiger charge is 2.55. The van der Waals surface area contributed by atoms with Crippen molar-refractivity contribution >= 4 is 17.5 Å². The van der Waals surface area contributed by atoms with E-state index in [-0.39, 0.29) is 5.92 Å². The first-order chi connectivity index (χ1) is 8.21. The number of hydrogen-bond donors (Lipinski definition) is 1. The number of aromatic nitrogens is 1. The summed E-state index contributed by atoms with van der Waals surface area (Å²) in [5, 5.41) is 11.4. The van der Waals surface area contributed by atoms with E-state index in [0.29, 0.717) is 19.8 Å². The molecule has 0 saturated carbocycles. The maximum absolute atomic E-state index is 11.4. The van der Waals surface area contributed by atoms with Crippen LogP contribution in [0.3, 0.4) is 0 Å². The van der Waals surface area contributed by atoms with Crippen LogP contribution in [-0.2, 0) is 16.1 Å². The molecule has 3 heterocycles. The van der Waals surface area contributed by atoms with Gasteiger partial charge in [-0.05, 0) is 17.1 Å². The second-order valence-corrected chi connectivity index (χ2v) is 5.53. The zero-order chi connectivity index (χ0) is 11.9. The van der Waals surface area contributed by atoms with Crippen molar-refractivity contribution in [3.8, 4) is 0 Å². The van der Waals surface area contributed by atoms with Crippen LogP contribution in [0.5, 0.6) is 0 Å². The number of fused-ring (bicyclic) bond motifs is 1. The third-order valence-corrected chi connectivity index (χ3v) is 4.40. The van der Waals surface area contributed by atoms with Gasteiger partial charge in [0.1, 0.15) is 5.41 Å². The number of aliphatic carboxylic acids is 1. The zero-order valence-electron chi connectivity index (χ0n) is 9.33. The Bertz CT molecular complexity index is 422. The van der Waals surface area contributed by atoms with Crippen LogP contribution in [0.1, 0.15) is 5.56 Å². The van der Waals surface area contributed by atoms with Gasteiger partial charge in [0.15, 0.2) is 0 Å². The number of carboxylic acids is 1. The van der Waals surface area contributed by atoms with Crippen molar-refractivity contribution in [2.24, 2.45) is 11.3 Å². The molecule has 2 aliphatic heterocycles. The van der Waals surface area contributed by atoms with E-state index in [1.165, 1.54) is 11.5 Å². The summed E-state index contributed by atoms with van der Waals surface area (Å²) in [6.45, 7) is 3.11. The summed E-state index contributed by atoms with van der Waals surface area (Å²) in [6, 6.07) is 0. The maximum Gasteiger partial charge on any atom is 0.313 e. The predicted octanol–water partition coefficient (Wildman–Crippen LogP) is 0.676. The highest BCUT2D eigenvalue weighted by atomic mass is 32.1. The molecule has 1 aromatic heterocycles. The topological polar surface area (TPSA) is 62.7 Å². The Morgan fingerprint density at radius 3 is 3.29 bits per heavy atom. The lowest BCUT2D eigenvalue weighted by Gasteiger charge is -2.21. The largest absolute Gasteiger partial charge is 0.481 e. The van der Waals surface area contributed by atoms with E-state index in [9.17, 15) is 9.90 Å². The molecule has 2 atom stereocenters. The Hall–Kier alpha value is -0.980. The Morgan fingerprint density at radius 1 is 1.76 bits per heavy atom. The van der Waals surface area contributed by atoms with Crippen molar-refractivity contribution in [3.63, 3.8) is 0 Å². The fraction of sp³-hybridized carbons (Fsp3) is 0.636. The van der Waals surface area contributed by atoms with Gasteiger partial charge in [0.2, 0.25) is 0 Å². The lowest BCUT2D eigenvalue weighted by atomic mass is 9.81. The van der Waals surface area contributed by atoms with Crippen LogP contribution < -0.4 is 0 Å². The Morgan fingerprint density at radius 2 is 2.65 bits per heavy atom. The molecule has 92 valence electrons. The molecular formula is C11H14N2O3S. The Labute approximate surface area is 103 Å². The third kappa shape index (κ3) is 1.76. The summed E-state index contributed by atoms with van der Waals surface area (Å²) in [4.78, 5) is 13.6. The average molecular weight is 254 g/mol. The number of hydrogen-bond acceptors (Lipinski definition) is 5. The number of nitrogens with zero attached hydrogens (tertiary/aromatic N) is 2. The van der Waals surface area contributed by atoms with Gasteiger partial charge in [0, 0.05) is 37.1 Å². The van der Waals surface area contributed by atoms with Crippen molar-refractivity contribution in [3.05, 3.63) is 17.1 Å². The second-order valence-electron chi connectivity index (χ2n) is 4.88. The molecule has 5 nitrogen and oxygen atoms in total. The van der Waals surface area contributed by atoms with Gasteiger partial charge in [-0.1, -0.05) is 0 Å². The minimum Gasteiger partial charge on any atom is -0.481 e. The lowest BCUT2D eigenvalue weighted by molar-refractivity contribution is -0.149. The van der Waals surface area contributed by atoms with Crippen LogP contribution in [0, 0.1) is 11.3 Å². The van der Waals surface area contributed by atoms with E-state index in [1.807, 2.05) is 11.6 Å². The molecule has 2 aliphatic rings. The van der Waals surface area contributed by atoms with E-state index < -0.39 is 11.4 Å². The highest BCUT2D eigenvalue weighted by Crippen LogP contribution is 2.41. The number of rotatable bonds is 3. The van der Waals surface area contributed by atoms with Gasteiger partial charge >= 0.3 is 5.97 Å². The normalized spacial score (nSPS) is 32.8. The lowest BCUT2D eigenvalue weighted by Crippen LogP contribution is -2.38. The van der Waals surface area contributed by atoms with E-state index in [4.69, 9.17) is 4.74 Å². The van der Waals surface area contributed by atoms with Crippen LogP contribution in [-0.4, -0.2) is 46.7 Å². The summed E-state index contributed by atoms with van der Waals surface area (Å²) < 4.78 is 9.40. The van der Waals surface area contributed by atoms with Gasteiger partial charge in [0.25, 0.3) is 0 Å². The smallest absolute Gasteiger partial charge is 0.313 e. The monoisotopic (exact) mass is 254 g/mol. The third-order valence-electron chi connectivity index (χ3n) is 3.76. The van der Waals surface area contributed by atoms with Crippen LogP contribution >= 0.6 is 11.5 Å². The van der Waals surface area contributed by atoms with Crippen LogP contribution in [0.15, 0.2) is 11.6 Å². The molecule has 2 saturated heterocycles. The first kappa shape index (κ1) is 11.1. The minimum absolute atomic E-state index is 0.131. The SMILES string of the molecule is O=C(O)[C@]12COC[C@H]1CN(Cc1cnsc1)C2. The summed E-state index contributed by atoms with van der Waals surface area (Å²) in [7, 11) is 0. The van der Waals surface area contributed by atoms with E-state index in [2.05, 4.69) is 9.27 Å². The quantitative estimate of drug-likeness (QED) is 0.859. The number of ether oxygens (including phenoxy) is 1. The van der Waals surface area contributed by atoms with Crippen LogP contribution in [0.25, 0.3) is 0 Å². The van der Waals surface area contributed by atoms with Crippen molar-refractivity contribution in [2.45, 2.75) is 6.54 Å². The molecule has 2 fully saturated rings. The molecule has 0 aliphatic carbocycles.